The second kappa shape index (κ2) is 12.0. The smallest absolute Gasteiger partial charge is 0.407 e. The number of pyridine rings is 1. The van der Waals surface area contributed by atoms with Gasteiger partial charge in [-0.05, 0) is 45.3 Å². The molecule has 0 atom stereocenters. The molecule has 1 aliphatic rings. The first-order valence-electron chi connectivity index (χ1n) is 11.4. The van der Waals surface area contributed by atoms with E-state index in [0.717, 1.165) is 0 Å². The van der Waals surface area contributed by atoms with E-state index in [1.165, 1.54) is 22.6 Å². The fraction of sp³-hybridized carbons (Fsp3) is 0.609. The zero-order valence-corrected chi connectivity index (χ0v) is 21.8. The minimum atomic E-state index is -3.84. The Hall–Kier alpha value is -2.80. The second-order valence-corrected chi connectivity index (χ2v) is 11.6. The first kappa shape index (κ1) is 29.4. The Labute approximate surface area is 210 Å². The predicted molar refractivity (Wildman–Crippen MR) is 128 cm³/mol. The molecule has 13 heteroatoms. The van der Waals surface area contributed by atoms with Gasteiger partial charge in [0.15, 0.2) is 0 Å². The van der Waals surface area contributed by atoms with Gasteiger partial charge in [-0.1, -0.05) is 6.58 Å². The van der Waals surface area contributed by atoms with Gasteiger partial charge in [0.05, 0.1) is 12.7 Å². The van der Waals surface area contributed by atoms with Crippen LogP contribution in [0.25, 0.3) is 0 Å². The number of aromatic nitrogens is 1. The van der Waals surface area contributed by atoms with Crippen molar-refractivity contribution in [1.82, 2.24) is 19.9 Å². The highest BCUT2D eigenvalue weighted by atomic mass is 32.2. The summed E-state index contributed by atoms with van der Waals surface area (Å²) >= 11 is 0. The maximum Gasteiger partial charge on any atom is 0.407 e. The van der Waals surface area contributed by atoms with Crippen molar-refractivity contribution >= 4 is 22.0 Å². The van der Waals surface area contributed by atoms with E-state index in [9.17, 15) is 26.8 Å². The van der Waals surface area contributed by atoms with Gasteiger partial charge in [-0.15, -0.1) is 0 Å². The summed E-state index contributed by atoms with van der Waals surface area (Å²) < 4.78 is 63.6. The summed E-state index contributed by atoms with van der Waals surface area (Å²) in [5, 5.41) is 4.77. The van der Waals surface area contributed by atoms with E-state index in [-0.39, 0.29) is 49.9 Å². The number of hydrogen-bond acceptors (Lipinski definition) is 7. The second-order valence-electron chi connectivity index (χ2n) is 9.69. The van der Waals surface area contributed by atoms with Crippen molar-refractivity contribution in [2.24, 2.45) is 5.92 Å². The van der Waals surface area contributed by atoms with E-state index >= 15 is 0 Å². The first-order chi connectivity index (χ1) is 16.6. The van der Waals surface area contributed by atoms with Crippen LogP contribution in [0.4, 0.5) is 13.6 Å². The van der Waals surface area contributed by atoms with Gasteiger partial charge in [0.25, 0.3) is 5.92 Å². The number of alkyl carbamates (subject to hydrolysis) is 1. The van der Waals surface area contributed by atoms with Crippen molar-refractivity contribution in [1.29, 1.82) is 0 Å². The van der Waals surface area contributed by atoms with Crippen molar-refractivity contribution < 1.29 is 36.3 Å². The molecule has 2 N–H and O–H groups in total. The molecule has 1 fully saturated rings. The van der Waals surface area contributed by atoms with Crippen LogP contribution in [-0.4, -0.2) is 74.0 Å². The highest BCUT2D eigenvalue weighted by molar-refractivity contribution is 7.89. The lowest BCUT2D eigenvalue weighted by Crippen LogP contribution is -2.44. The molecule has 0 saturated carbocycles. The molecular weight excluding hydrogens is 498 g/mol. The van der Waals surface area contributed by atoms with E-state index < -0.39 is 46.0 Å². The predicted octanol–water partition coefficient (Wildman–Crippen LogP) is 2.71. The lowest BCUT2D eigenvalue weighted by Gasteiger charge is -2.30. The van der Waals surface area contributed by atoms with Crippen molar-refractivity contribution in [2.45, 2.75) is 57.0 Å². The maximum absolute atomic E-state index is 12.9. The molecule has 1 aliphatic heterocycles. The summed E-state index contributed by atoms with van der Waals surface area (Å²) in [6.45, 7) is 9.39. The summed E-state index contributed by atoms with van der Waals surface area (Å²) in [6.07, 6.45) is 1.06. The number of nitrogens with zero attached hydrogens (tertiary/aromatic N) is 2. The normalized spacial score (nSPS) is 15.7. The summed E-state index contributed by atoms with van der Waals surface area (Å²) in [4.78, 5) is 27.8. The molecule has 0 unspecified atom stereocenters. The third kappa shape index (κ3) is 9.69. The Morgan fingerprint density at radius 3 is 2.33 bits per heavy atom. The zero-order valence-electron chi connectivity index (χ0n) is 21.0. The Balaban J connectivity index is 1.82. The molecule has 1 saturated heterocycles. The van der Waals surface area contributed by atoms with Gasteiger partial charge in [0.1, 0.15) is 17.1 Å². The fourth-order valence-electron chi connectivity index (χ4n) is 3.24. The third-order valence-corrected chi connectivity index (χ3v) is 6.93. The summed E-state index contributed by atoms with van der Waals surface area (Å²) in [7, 11) is -3.84. The van der Waals surface area contributed by atoms with Crippen LogP contribution in [0.5, 0.6) is 5.88 Å². The summed E-state index contributed by atoms with van der Waals surface area (Å²) in [6, 6.07) is 2.77. The Bertz CT molecular complexity index is 1030. The molecule has 1 aromatic heterocycles. The van der Waals surface area contributed by atoms with Gasteiger partial charge in [-0.3, -0.25) is 4.79 Å². The van der Waals surface area contributed by atoms with Gasteiger partial charge < -0.3 is 20.1 Å². The van der Waals surface area contributed by atoms with Crippen LogP contribution >= 0.6 is 0 Å². The van der Waals surface area contributed by atoms with Gasteiger partial charge in [0.2, 0.25) is 21.8 Å². The number of carbonyl (C=O) groups excluding carboxylic acids is 2. The molecule has 2 rings (SSSR count). The molecular formula is C23H34F2N4O6S. The SMILES string of the molecule is C=C(CNC(=O)OC(C)(C)C)COc1ccc(S(=O)(=O)N2CCC(C(=O)NCC(C)(F)F)CC2)cn1. The molecule has 10 nitrogen and oxygen atoms in total. The highest BCUT2D eigenvalue weighted by Crippen LogP contribution is 2.25. The summed E-state index contributed by atoms with van der Waals surface area (Å²) in [5.41, 5.74) is -0.0676. The highest BCUT2D eigenvalue weighted by Gasteiger charge is 2.33. The van der Waals surface area contributed by atoms with Gasteiger partial charge in [0, 0.05) is 38.5 Å². The molecule has 2 heterocycles. The number of nitrogens with one attached hydrogen (secondary N) is 2. The van der Waals surface area contributed by atoms with Gasteiger partial charge in [-0.25, -0.2) is 27.0 Å². The average Bonchev–Trinajstić information content (AvgIpc) is 2.78. The Kier molecular flexibility index (Phi) is 9.78. The van der Waals surface area contributed by atoms with Crippen molar-refractivity contribution in [2.75, 3.05) is 32.8 Å². The molecule has 0 spiro atoms. The van der Waals surface area contributed by atoms with Gasteiger partial charge in [-0.2, -0.15) is 4.31 Å². The van der Waals surface area contributed by atoms with Crippen LogP contribution in [0, 0.1) is 5.92 Å². The molecule has 1 aromatic rings. The van der Waals surface area contributed by atoms with Crippen LogP contribution in [-0.2, 0) is 19.6 Å². The van der Waals surface area contributed by atoms with E-state index in [2.05, 4.69) is 22.2 Å². The molecule has 0 bridgehead atoms. The third-order valence-electron chi connectivity index (χ3n) is 5.05. The molecule has 2 amide bonds. The minimum absolute atomic E-state index is 0.0335. The van der Waals surface area contributed by atoms with Crippen LogP contribution in [0.3, 0.4) is 0 Å². The number of sulfonamides is 1. The fourth-order valence-corrected chi connectivity index (χ4v) is 4.65. The monoisotopic (exact) mass is 532 g/mol. The maximum atomic E-state index is 12.9. The number of halogens is 2. The number of carbonyl (C=O) groups is 2. The Morgan fingerprint density at radius 1 is 1.17 bits per heavy atom. The average molecular weight is 533 g/mol. The topological polar surface area (TPSA) is 127 Å². The number of ether oxygens (including phenoxy) is 2. The standard InChI is InChI=1S/C23H34F2N4O6S/c1-16(12-27-21(31)35-22(2,3)4)14-34-19-7-6-18(13-26-19)36(32,33)29-10-8-17(9-11-29)20(30)28-15-23(5,24)25/h6-7,13,17H,1,8-12,14-15H2,2-5H3,(H,27,31)(H,28,30). The van der Waals surface area contributed by atoms with E-state index in [4.69, 9.17) is 9.47 Å². The minimum Gasteiger partial charge on any atom is -0.473 e. The Morgan fingerprint density at radius 2 is 1.81 bits per heavy atom. The van der Waals surface area contributed by atoms with Crippen molar-refractivity contribution in [3.05, 3.63) is 30.5 Å². The molecule has 0 aliphatic carbocycles. The van der Waals surface area contributed by atoms with Crippen LogP contribution in [0.2, 0.25) is 0 Å². The van der Waals surface area contributed by atoms with E-state index in [0.29, 0.717) is 12.5 Å². The van der Waals surface area contributed by atoms with E-state index in [1.54, 1.807) is 20.8 Å². The first-order valence-corrected chi connectivity index (χ1v) is 12.9. The number of hydrogen-bond donors (Lipinski definition) is 2. The lowest BCUT2D eigenvalue weighted by molar-refractivity contribution is -0.127. The molecule has 36 heavy (non-hydrogen) atoms. The zero-order chi connectivity index (χ0) is 27.1. The summed E-state index contributed by atoms with van der Waals surface area (Å²) in [5.74, 6) is -3.85. The molecule has 0 radical (unpaired) electrons. The number of alkyl halides is 2. The molecule has 0 aromatic carbocycles. The largest absolute Gasteiger partial charge is 0.473 e. The van der Waals surface area contributed by atoms with Gasteiger partial charge >= 0.3 is 6.09 Å². The van der Waals surface area contributed by atoms with Crippen LogP contribution in [0.1, 0.15) is 40.5 Å². The number of rotatable bonds is 10. The van der Waals surface area contributed by atoms with Crippen LogP contribution in [0.15, 0.2) is 35.4 Å². The number of amides is 2. The van der Waals surface area contributed by atoms with Crippen LogP contribution < -0.4 is 15.4 Å². The lowest BCUT2D eigenvalue weighted by atomic mass is 9.97. The van der Waals surface area contributed by atoms with E-state index in [1.807, 2.05) is 0 Å². The van der Waals surface area contributed by atoms with Crippen molar-refractivity contribution in [3.63, 3.8) is 0 Å². The molecule has 202 valence electrons. The quantitative estimate of drug-likeness (QED) is 0.444. The number of piperidine rings is 1. The van der Waals surface area contributed by atoms with Crippen molar-refractivity contribution in [3.8, 4) is 5.88 Å².